The molecule has 0 N–H and O–H groups in total. The van der Waals surface area contributed by atoms with Crippen LogP contribution in [0.15, 0.2) is 0 Å². The molecule has 66 valence electrons. The van der Waals surface area contributed by atoms with E-state index in [9.17, 15) is 4.79 Å². The van der Waals surface area contributed by atoms with Gasteiger partial charge in [-0.05, 0) is 5.92 Å². The Balaban J connectivity index is 3.67. The van der Waals surface area contributed by atoms with Gasteiger partial charge in [0.05, 0.1) is 5.33 Å². The third kappa shape index (κ3) is 4.40. The first-order valence-corrected chi connectivity index (χ1v) is 5.03. The minimum atomic E-state index is 0.158. The zero-order valence-corrected chi connectivity index (χ0v) is 9.02. The summed E-state index contributed by atoms with van der Waals surface area (Å²) >= 11 is 3.14. The maximum absolute atomic E-state index is 11.0. The Morgan fingerprint density at radius 2 is 2.18 bits per heavy atom. The summed E-state index contributed by atoms with van der Waals surface area (Å²) in [5.41, 5.74) is 0. The standard InChI is InChI=1S/C8H16BrNO/c1-4-7(2)6-10(3)8(11)5-9/h7H,4-6H2,1-3H3. The molecular weight excluding hydrogens is 206 g/mol. The van der Waals surface area contributed by atoms with Crippen molar-refractivity contribution in [3.05, 3.63) is 0 Å². The fourth-order valence-corrected chi connectivity index (χ4v) is 1.23. The first-order chi connectivity index (χ1) is 5.11. The van der Waals surface area contributed by atoms with Gasteiger partial charge in [0.1, 0.15) is 0 Å². The van der Waals surface area contributed by atoms with E-state index in [1.807, 2.05) is 7.05 Å². The van der Waals surface area contributed by atoms with Gasteiger partial charge in [0.25, 0.3) is 0 Å². The summed E-state index contributed by atoms with van der Waals surface area (Å²) in [6, 6.07) is 0. The van der Waals surface area contributed by atoms with Gasteiger partial charge in [-0.25, -0.2) is 0 Å². The molecule has 0 spiro atoms. The summed E-state index contributed by atoms with van der Waals surface area (Å²) in [5.74, 6) is 0.758. The Labute approximate surface area is 77.1 Å². The lowest BCUT2D eigenvalue weighted by Crippen LogP contribution is -2.31. The third-order valence-corrected chi connectivity index (χ3v) is 2.30. The Bertz CT molecular complexity index is 127. The molecule has 3 heteroatoms. The number of rotatable bonds is 4. The Hall–Kier alpha value is -0.0500. The normalized spacial score (nSPS) is 12.7. The van der Waals surface area contributed by atoms with Crippen LogP contribution in [-0.2, 0) is 4.79 Å². The summed E-state index contributed by atoms with van der Waals surface area (Å²) in [6.07, 6.45) is 1.12. The molecule has 11 heavy (non-hydrogen) atoms. The topological polar surface area (TPSA) is 20.3 Å². The lowest BCUT2D eigenvalue weighted by Gasteiger charge is -2.19. The second kappa shape index (κ2) is 5.58. The fourth-order valence-electron chi connectivity index (χ4n) is 0.800. The number of nitrogens with zero attached hydrogens (tertiary/aromatic N) is 1. The van der Waals surface area contributed by atoms with E-state index in [2.05, 4.69) is 29.8 Å². The molecule has 0 rings (SSSR count). The van der Waals surface area contributed by atoms with E-state index in [1.165, 1.54) is 0 Å². The minimum Gasteiger partial charge on any atom is -0.345 e. The summed E-state index contributed by atoms with van der Waals surface area (Å²) in [7, 11) is 1.84. The molecule has 0 aromatic rings. The van der Waals surface area contributed by atoms with Crippen LogP contribution in [0.4, 0.5) is 0 Å². The molecule has 2 nitrogen and oxygen atoms in total. The molecule has 0 aliphatic carbocycles. The lowest BCUT2D eigenvalue weighted by molar-refractivity contribution is -0.127. The number of carbonyl (C=O) groups is 1. The zero-order chi connectivity index (χ0) is 8.85. The first kappa shape index (κ1) is 11.0. The van der Waals surface area contributed by atoms with Gasteiger partial charge in [-0.3, -0.25) is 4.79 Å². The highest BCUT2D eigenvalue weighted by Gasteiger charge is 2.08. The van der Waals surface area contributed by atoms with Crippen molar-refractivity contribution >= 4 is 21.8 Å². The number of halogens is 1. The van der Waals surface area contributed by atoms with Gasteiger partial charge in [-0.1, -0.05) is 36.2 Å². The van der Waals surface area contributed by atoms with Crippen LogP contribution in [0.3, 0.4) is 0 Å². The SMILES string of the molecule is CCC(C)CN(C)C(=O)CBr. The van der Waals surface area contributed by atoms with Crippen LogP contribution in [0.25, 0.3) is 0 Å². The van der Waals surface area contributed by atoms with Crippen LogP contribution >= 0.6 is 15.9 Å². The largest absolute Gasteiger partial charge is 0.345 e. The van der Waals surface area contributed by atoms with E-state index in [0.717, 1.165) is 13.0 Å². The van der Waals surface area contributed by atoms with Crippen LogP contribution in [0.1, 0.15) is 20.3 Å². The molecule has 0 aliphatic heterocycles. The number of alkyl halides is 1. The van der Waals surface area contributed by atoms with Crippen molar-refractivity contribution < 1.29 is 4.79 Å². The zero-order valence-electron chi connectivity index (χ0n) is 7.43. The highest BCUT2D eigenvalue weighted by Crippen LogP contribution is 2.03. The van der Waals surface area contributed by atoms with E-state index in [0.29, 0.717) is 11.2 Å². The maximum atomic E-state index is 11.0. The molecule has 1 unspecified atom stereocenters. The van der Waals surface area contributed by atoms with Gasteiger partial charge in [-0.2, -0.15) is 0 Å². The second-order valence-corrected chi connectivity index (χ2v) is 3.48. The van der Waals surface area contributed by atoms with Crippen molar-refractivity contribution in [3.63, 3.8) is 0 Å². The number of amides is 1. The highest BCUT2D eigenvalue weighted by atomic mass is 79.9. The molecule has 1 amide bonds. The smallest absolute Gasteiger partial charge is 0.232 e. The van der Waals surface area contributed by atoms with Crippen molar-refractivity contribution in [1.29, 1.82) is 0 Å². The van der Waals surface area contributed by atoms with Crippen molar-refractivity contribution in [2.24, 2.45) is 5.92 Å². The van der Waals surface area contributed by atoms with Crippen molar-refractivity contribution in [3.8, 4) is 0 Å². The van der Waals surface area contributed by atoms with E-state index in [-0.39, 0.29) is 5.91 Å². The van der Waals surface area contributed by atoms with E-state index in [1.54, 1.807) is 4.90 Å². The molecular formula is C8H16BrNO. The Morgan fingerprint density at radius 1 is 1.64 bits per heavy atom. The molecule has 0 aliphatic rings. The summed E-state index contributed by atoms with van der Waals surface area (Å²) in [6.45, 7) is 5.15. The van der Waals surface area contributed by atoms with Gasteiger partial charge < -0.3 is 4.90 Å². The Kier molecular flexibility index (Phi) is 5.56. The summed E-state index contributed by atoms with van der Waals surface area (Å²) in [4.78, 5) is 12.8. The quantitative estimate of drug-likeness (QED) is 0.665. The van der Waals surface area contributed by atoms with Gasteiger partial charge in [-0.15, -0.1) is 0 Å². The third-order valence-electron chi connectivity index (χ3n) is 1.82. The first-order valence-electron chi connectivity index (χ1n) is 3.91. The predicted molar refractivity (Wildman–Crippen MR) is 50.9 cm³/mol. The van der Waals surface area contributed by atoms with Gasteiger partial charge in [0.15, 0.2) is 0 Å². The minimum absolute atomic E-state index is 0.158. The number of hydrogen-bond donors (Lipinski definition) is 0. The molecule has 0 aromatic heterocycles. The maximum Gasteiger partial charge on any atom is 0.232 e. The number of carbonyl (C=O) groups excluding carboxylic acids is 1. The average molecular weight is 222 g/mol. The average Bonchev–Trinajstić information content (AvgIpc) is 2.02. The molecule has 0 aromatic carbocycles. The van der Waals surface area contributed by atoms with Crippen molar-refractivity contribution in [1.82, 2.24) is 4.90 Å². The van der Waals surface area contributed by atoms with Gasteiger partial charge in [0.2, 0.25) is 5.91 Å². The highest BCUT2D eigenvalue weighted by molar-refractivity contribution is 9.09. The molecule has 0 radical (unpaired) electrons. The van der Waals surface area contributed by atoms with E-state index < -0.39 is 0 Å². The van der Waals surface area contributed by atoms with Crippen LogP contribution in [0.5, 0.6) is 0 Å². The lowest BCUT2D eigenvalue weighted by atomic mass is 10.1. The Morgan fingerprint density at radius 3 is 2.55 bits per heavy atom. The molecule has 1 atom stereocenters. The van der Waals surface area contributed by atoms with E-state index >= 15 is 0 Å². The fraction of sp³-hybridized carbons (Fsp3) is 0.875. The van der Waals surface area contributed by atoms with Gasteiger partial charge >= 0.3 is 0 Å². The van der Waals surface area contributed by atoms with Crippen molar-refractivity contribution in [2.75, 3.05) is 18.9 Å². The van der Waals surface area contributed by atoms with Crippen LogP contribution in [-0.4, -0.2) is 29.7 Å². The van der Waals surface area contributed by atoms with Crippen LogP contribution in [0.2, 0.25) is 0 Å². The number of hydrogen-bond acceptors (Lipinski definition) is 1. The second-order valence-electron chi connectivity index (χ2n) is 2.92. The summed E-state index contributed by atoms with van der Waals surface area (Å²) < 4.78 is 0. The summed E-state index contributed by atoms with van der Waals surface area (Å²) in [5, 5.41) is 0.430. The molecule has 0 saturated heterocycles. The molecule has 0 fully saturated rings. The monoisotopic (exact) mass is 221 g/mol. The van der Waals surface area contributed by atoms with Crippen molar-refractivity contribution in [2.45, 2.75) is 20.3 Å². The van der Waals surface area contributed by atoms with E-state index in [4.69, 9.17) is 0 Å². The van der Waals surface area contributed by atoms with Gasteiger partial charge in [0, 0.05) is 13.6 Å². The predicted octanol–water partition coefficient (Wildman–Crippen LogP) is 1.89. The van der Waals surface area contributed by atoms with Crippen LogP contribution in [0, 0.1) is 5.92 Å². The molecule has 0 saturated carbocycles. The molecule has 0 bridgehead atoms. The van der Waals surface area contributed by atoms with Crippen LogP contribution < -0.4 is 0 Å². The molecule has 0 heterocycles.